The van der Waals surface area contributed by atoms with E-state index in [9.17, 15) is 0 Å². The number of fused-ring (bicyclic) bond motifs is 1. The summed E-state index contributed by atoms with van der Waals surface area (Å²) in [5.74, 6) is 0. The van der Waals surface area contributed by atoms with E-state index in [1.165, 1.54) is 10.8 Å². The maximum absolute atomic E-state index is 5.51. The summed E-state index contributed by atoms with van der Waals surface area (Å²) in [6, 6.07) is 14.5. The van der Waals surface area contributed by atoms with Gasteiger partial charge in [0.1, 0.15) is 0 Å². The molecule has 0 aliphatic carbocycles. The van der Waals surface area contributed by atoms with Gasteiger partial charge in [0.25, 0.3) is 0 Å². The van der Waals surface area contributed by atoms with Crippen LogP contribution >= 0.6 is 0 Å². The zero-order chi connectivity index (χ0) is 13.1. The first-order valence-electron chi connectivity index (χ1n) is 6.48. The highest BCUT2D eigenvalue weighted by Gasteiger charge is 2.05. The van der Waals surface area contributed by atoms with Crippen LogP contribution in [0.4, 0.5) is 0 Å². The SMILES string of the molecule is NCCCc1cn(-c2cccc3ccccc23)nn1. The quantitative estimate of drug-likeness (QED) is 0.775. The highest BCUT2D eigenvalue weighted by molar-refractivity contribution is 5.89. The van der Waals surface area contributed by atoms with Crippen LogP contribution < -0.4 is 5.73 Å². The third-order valence-corrected chi connectivity index (χ3v) is 3.19. The minimum atomic E-state index is 0.682. The summed E-state index contributed by atoms with van der Waals surface area (Å²) in [6.45, 7) is 0.682. The first kappa shape index (κ1) is 11.9. The molecule has 0 saturated heterocycles. The highest BCUT2D eigenvalue weighted by atomic mass is 15.4. The lowest BCUT2D eigenvalue weighted by Gasteiger charge is -2.05. The molecule has 0 aliphatic rings. The zero-order valence-corrected chi connectivity index (χ0v) is 10.7. The summed E-state index contributed by atoms with van der Waals surface area (Å²) < 4.78 is 1.84. The summed E-state index contributed by atoms with van der Waals surface area (Å²) in [7, 11) is 0. The van der Waals surface area contributed by atoms with E-state index in [0.717, 1.165) is 24.2 Å². The monoisotopic (exact) mass is 252 g/mol. The topological polar surface area (TPSA) is 56.7 Å². The molecule has 0 fully saturated rings. The Morgan fingerprint density at radius 1 is 1.05 bits per heavy atom. The minimum absolute atomic E-state index is 0.682. The van der Waals surface area contributed by atoms with Crippen molar-refractivity contribution in [2.75, 3.05) is 6.54 Å². The van der Waals surface area contributed by atoms with Gasteiger partial charge >= 0.3 is 0 Å². The number of nitrogens with zero attached hydrogens (tertiary/aromatic N) is 3. The van der Waals surface area contributed by atoms with E-state index < -0.39 is 0 Å². The summed E-state index contributed by atoms with van der Waals surface area (Å²) in [4.78, 5) is 0. The van der Waals surface area contributed by atoms with Crippen LogP contribution in [-0.4, -0.2) is 21.5 Å². The van der Waals surface area contributed by atoms with Crippen LogP contribution in [0.2, 0.25) is 0 Å². The van der Waals surface area contributed by atoms with Crippen molar-refractivity contribution < 1.29 is 0 Å². The Kier molecular flexibility index (Phi) is 3.25. The number of benzene rings is 2. The van der Waals surface area contributed by atoms with Crippen LogP contribution in [0.3, 0.4) is 0 Å². The van der Waals surface area contributed by atoms with Crippen molar-refractivity contribution >= 4 is 10.8 Å². The molecule has 0 bridgehead atoms. The second kappa shape index (κ2) is 5.20. The molecule has 0 saturated carbocycles. The largest absolute Gasteiger partial charge is 0.330 e. The Hall–Kier alpha value is -2.20. The fourth-order valence-corrected chi connectivity index (χ4v) is 2.22. The van der Waals surface area contributed by atoms with Gasteiger partial charge in [-0.25, -0.2) is 4.68 Å². The second-order valence-electron chi connectivity index (χ2n) is 4.54. The van der Waals surface area contributed by atoms with Gasteiger partial charge in [0.05, 0.1) is 17.6 Å². The average molecular weight is 252 g/mol. The Balaban J connectivity index is 2.02. The van der Waals surface area contributed by atoms with Crippen molar-refractivity contribution in [3.05, 3.63) is 54.4 Å². The highest BCUT2D eigenvalue weighted by Crippen LogP contribution is 2.21. The van der Waals surface area contributed by atoms with Gasteiger partial charge in [-0.05, 0) is 30.8 Å². The number of hydrogen-bond acceptors (Lipinski definition) is 3. The number of hydrogen-bond donors (Lipinski definition) is 1. The molecule has 0 spiro atoms. The first-order chi connectivity index (χ1) is 9.38. The molecule has 1 aromatic heterocycles. The van der Waals surface area contributed by atoms with Gasteiger partial charge in [0.2, 0.25) is 0 Å². The molecule has 96 valence electrons. The van der Waals surface area contributed by atoms with Crippen molar-refractivity contribution in [3.8, 4) is 5.69 Å². The molecule has 4 nitrogen and oxygen atoms in total. The van der Waals surface area contributed by atoms with Crippen molar-refractivity contribution in [2.45, 2.75) is 12.8 Å². The Bertz CT molecular complexity index is 682. The second-order valence-corrected chi connectivity index (χ2v) is 4.54. The van der Waals surface area contributed by atoms with Gasteiger partial charge in [-0.1, -0.05) is 41.6 Å². The molecular weight excluding hydrogens is 236 g/mol. The van der Waals surface area contributed by atoms with Crippen LogP contribution in [0.1, 0.15) is 12.1 Å². The van der Waals surface area contributed by atoms with Crippen molar-refractivity contribution in [1.29, 1.82) is 0 Å². The minimum Gasteiger partial charge on any atom is -0.330 e. The molecule has 0 amide bonds. The van der Waals surface area contributed by atoms with Gasteiger partial charge < -0.3 is 5.73 Å². The molecular formula is C15H16N4. The van der Waals surface area contributed by atoms with Crippen LogP contribution in [0.5, 0.6) is 0 Å². The number of aromatic nitrogens is 3. The van der Waals surface area contributed by atoms with E-state index in [0.29, 0.717) is 6.54 Å². The van der Waals surface area contributed by atoms with E-state index in [-0.39, 0.29) is 0 Å². The molecule has 0 unspecified atom stereocenters. The molecule has 3 aromatic rings. The van der Waals surface area contributed by atoms with Crippen LogP contribution in [0.25, 0.3) is 16.5 Å². The molecule has 1 heterocycles. The fourth-order valence-electron chi connectivity index (χ4n) is 2.22. The lowest BCUT2D eigenvalue weighted by Crippen LogP contribution is -2.00. The maximum atomic E-state index is 5.51. The van der Waals surface area contributed by atoms with Crippen molar-refractivity contribution in [1.82, 2.24) is 15.0 Å². The third-order valence-electron chi connectivity index (χ3n) is 3.19. The maximum Gasteiger partial charge on any atom is 0.0832 e. The summed E-state index contributed by atoms with van der Waals surface area (Å²) in [5, 5.41) is 10.8. The first-order valence-corrected chi connectivity index (χ1v) is 6.48. The number of aryl methyl sites for hydroxylation is 1. The average Bonchev–Trinajstić information content (AvgIpc) is 2.93. The van der Waals surface area contributed by atoms with E-state index >= 15 is 0 Å². The van der Waals surface area contributed by atoms with Gasteiger partial charge in [-0.15, -0.1) is 5.10 Å². The van der Waals surface area contributed by atoms with Crippen molar-refractivity contribution in [2.24, 2.45) is 5.73 Å². The van der Waals surface area contributed by atoms with Gasteiger partial charge in [0.15, 0.2) is 0 Å². The predicted octanol–water partition coefficient (Wildman–Crippen LogP) is 2.31. The number of nitrogens with two attached hydrogens (primary N) is 1. The Morgan fingerprint density at radius 2 is 1.89 bits per heavy atom. The van der Waals surface area contributed by atoms with Gasteiger partial charge in [-0.2, -0.15) is 0 Å². The molecule has 0 atom stereocenters. The zero-order valence-electron chi connectivity index (χ0n) is 10.7. The number of rotatable bonds is 4. The summed E-state index contributed by atoms with van der Waals surface area (Å²) >= 11 is 0. The normalized spacial score (nSPS) is 11.0. The fraction of sp³-hybridized carbons (Fsp3) is 0.200. The molecule has 0 aliphatic heterocycles. The Labute approximate surface area is 111 Å². The molecule has 3 rings (SSSR count). The van der Waals surface area contributed by atoms with E-state index in [1.807, 2.05) is 29.1 Å². The smallest absolute Gasteiger partial charge is 0.0832 e. The lowest BCUT2D eigenvalue weighted by atomic mass is 10.1. The van der Waals surface area contributed by atoms with Crippen molar-refractivity contribution in [3.63, 3.8) is 0 Å². The van der Waals surface area contributed by atoms with Gasteiger partial charge in [0, 0.05) is 5.39 Å². The molecule has 19 heavy (non-hydrogen) atoms. The van der Waals surface area contributed by atoms with Crippen LogP contribution in [0.15, 0.2) is 48.7 Å². The van der Waals surface area contributed by atoms with Crippen LogP contribution in [-0.2, 0) is 6.42 Å². The van der Waals surface area contributed by atoms with E-state index in [2.05, 4.69) is 34.6 Å². The predicted molar refractivity (Wildman–Crippen MR) is 76.2 cm³/mol. The van der Waals surface area contributed by atoms with E-state index in [1.54, 1.807) is 0 Å². The summed E-state index contributed by atoms with van der Waals surface area (Å²) in [5.41, 5.74) is 7.56. The molecule has 4 heteroatoms. The summed E-state index contributed by atoms with van der Waals surface area (Å²) in [6.07, 6.45) is 3.80. The third kappa shape index (κ3) is 2.35. The molecule has 0 radical (unpaired) electrons. The molecule has 2 aromatic carbocycles. The van der Waals surface area contributed by atoms with Gasteiger partial charge in [-0.3, -0.25) is 0 Å². The Morgan fingerprint density at radius 3 is 2.79 bits per heavy atom. The van der Waals surface area contributed by atoms with E-state index in [4.69, 9.17) is 5.73 Å². The lowest BCUT2D eigenvalue weighted by molar-refractivity contribution is 0.781. The van der Waals surface area contributed by atoms with Crippen LogP contribution in [0, 0.1) is 0 Å². The standard InChI is InChI=1S/C15H16N4/c16-10-4-7-13-11-19(18-17-13)15-9-3-6-12-5-1-2-8-14(12)15/h1-3,5-6,8-9,11H,4,7,10,16H2. The molecule has 2 N–H and O–H groups in total.